The highest BCUT2D eigenvalue weighted by Gasteiger charge is 2.24. The molecule has 1 amide bonds. The van der Waals surface area contributed by atoms with Crippen molar-refractivity contribution in [3.63, 3.8) is 0 Å². The number of nitrogens with two attached hydrogens (primary N) is 1. The fourth-order valence-corrected chi connectivity index (χ4v) is 3.81. The first-order valence-electron chi connectivity index (χ1n) is 6.33. The number of carbonyl (C=O) groups is 1. The zero-order valence-electron chi connectivity index (χ0n) is 11.1. The van der Waals surface area contributed by atoms with Gasteiger partial charge in [-0.25, -0.2) is 17.5 Å². The summed E-state index contributed by atoms with van der Waals surface area (Å²) < 4.78 is 40.1. The monoisotopic (exact) mass is 379 g/mol. The summed E-state index contributed by atoms with van der Waals surface area (Å²) in [5.41, 5.74) is 5.62. The third kappa shape index (κ3) is 3.72. The highest BCUT2D eigenvalue weighted by molar-refractivity contribution is 9.10. The zero-order chi connectivity index (χ0) is 15.6. The molecule has 0 atom stereocenters. The number of anilines is 1. The van der Waals surface area contributed by atoms with E-state index in [1.165, 1.54) is 6.07 Å². The van der Waals surface area contributed by atoms with E-state index in [-0.39, 0.29) is 16.1 Å². The quantitative estimate of drug-likeness (QED) is 0.765. The Balaban J connectivity index is 2.13. The van der Waals surface area contributed by atoms with E-state index in [9.17, 15) is 17.6 Å². The second kappa shape index (κ2) is 6.29. The van der Waals surface area contributed by atoms with Crippen molar-refractivity contribution in [1.82, 2.24) is 9.62 Å². The van der Waals surface area contributed by atoms with Gasteiger partial charge in [-0.3, -0.25) is 4.79 Å². The molecule has 2 rings (SSSR count). The maximum absolute atomic E-state index is 13.9. The molecule has 1 heterocycles. The van der Waals surface area contributed by atoms with E-state index < -0.39 is 27.3 Å². The topological polar surface area (TPSA) is 92.5 Å². The smallest absolute Gasteiger partial charge is 0.244 e. The lowest BCUT2D eigenvalue weighted by Gasteiger charge is -2.16. The Kier molecular flexibility index (Phi) is 4.84. The first kappa shape index (κ1) is 16.2. The van der Waals surface area contributed by atoms with E-state index in [2.05, 4.69) is 20.7 Å². The highest BCUT2D eigenvalue weighted by atomic mass is 79.9. The number of amides is 1. The predicted molar refractivity (Wildman–Crippen MR) is 79.5 cm³/mol. The highest BCUT2D eigenvalue weighted by Crippen LogP contribution is 2.25. The van der Waals surface area contributed by atoms with Crippen LogP contribution in [-0.4, -0.2) is 38.9 Å². The fourth-order valence-electron chi connectivity index (χ4n) is 2.09. The molecule has 116 valence electrons. The Bertz CT molecular complexity index is 660. The SMILES string of the molecule is Nc1cc(Br)c(F)c(S(=O)(=O)NCC(=O)N2CCCC2)c1. The van der Waals surface area contributed by atoms with E-state index in [4.69, 9.17) is 5.73 Å². The fraction of sp³-hybridized carbons (Fsp3) is 0.417. The molecular weight excluding hydrogens is 365 g/mol. The summed E-state index contributed by atoms with van der Waals surface area (Å²) in [5.74, 6) is -1.26. The average Bonchev–Trinajstić information content (AvgIpc) is 2.94. The number of sulfonamides is 1. The van der Waals surface area contributed by atoms with Crippen molar-refractivity contribution in [3.05, 3.63) is 22.4 Å². The number of hydrogen-bond acceptors (Lipinski definition) is 4. The first-order chi connectivity index (χ1) is 9.81. The molecule has 0 unspecified atom stereocenters. The van der Waals surface area contributed by atoms with Crippen LogP contribution in [0.2, 0.25) is 0 Å². The van der Waals surface area contributed by atoms with Crippen molar-refractivity contribution in [2.75, 3.05) is 25.4 Å². The van der Waals surface area contributed by atoms with Crippen molar-refractivity contribution in [2.24, 2.45) is 0 Å². The lowest BCUT2D eigenvalue weighted by atomic mass is 10.3. The third-order valence-electron chi connectivity index (χ3n) is 3.18. The molecule has 1 aromatic carbocycles. The standard InChI is InChI=1S/C12H15BrFN3O3S/c13-9-5-8(15)6-10(12(9)14)21(19,20)16-7-11(18)17-3-1-2-4-17/h5-6,16H,1-4,7,15H2. The van der Waals surface area contributed by atoms with Crippen LogP contribution < -0.4 is 10.5 Å². The van der Waals surface area contributed by atoms with Gasteiger partial charge >= 0.3 is 0 Å². The van der Waals surface area contributed by atoms with E-state index in [1.807, 2.05) is 0 Å². The van der Waals surface area contributed by atoms with Crippen LogP contribution in [0.3, 0.4) is 0 Å². The number of carbonyl (C=O) groups excluding carboxylic acids is 1. The van der Waals surface area contributed by atoms with Crippen molar-refractivity contribution in [3.8, 4) is 0 Å². The molecule has 3 N–H and O–H groups in total. The van der Waals surface area contributed by atoms with Crippen molar-refractivity contribution >= 4 is 37.5 Å². The number of halogens is 2. The summed E-state index contributed by atoms with van der Waals surface area (Å²) in [6.07, 6.45) is 1.82. The molecule has 1 aliphatic rings. The normalized spacial score (nSPS) is 15.4. The molecule has 21 heavy (non-hydrogen) atoms. The van der Waals surface area contributed by atoms with Crippen LogP contribution in [0.25, 0.3) is 0 Å². The average molecular weight is 380 g/mol. The molecule has 0 bridgehead atoms. The number of benzene rings is 1. The van der Waals surface area contributed by atoms with E-state index in [0.29, 0.717) is 13.1 Å². The Morgan fingerprint density at radius 2 is 2.00 bits per heavy atom. The van der Waals surface area contributed by atoms with Crippen LogP contribution >= 0.6 is 15.9 Å². The predicted octanol–water partition coefficient (Wildman–Crippen LogP) is 1.07. The Labute approximate surface area is 130 Å². The molecule has 1 fully saturated rings. The molecule has 0 spiro atoms. The number of nitrogens with zero attached hydrogens (tertiary/aromatic N) is 1. The van der Waals surface area contributed by atoms with Gasteiger partial charge in [-0.15, -0.1) is 0 Å². The Morgan fingerprint density at radius 1 is 1.38 bits per heavy atom. The minimum atomic E-state index is -4.14. The molecule has 0 aliphatic carbocycles. The van der Waals surface area contributed by atoms with Crippen LogP contribution in [0.1, 0.15) is 12.8 Å². The van der Waals surface area contributed by atoms with Gasteiger partial charge in [0.1, 0.15) is 4.90 Å². The van der Waals surface area contributed by atoms with Gasteiger partial charge in [0.2, 0.25) is 15.9 Å². The Morgan fingerprint density at radius 3 is 2.62 bits per heavy atom. The van der Waals surface area contributed by atoms with E-state index >= 15 is 0 Å². The van der Waals surface area contributed by atoms with Crippen LogP contribution in [0, 0.1) is 5.82 Å². The first-order valence-corrected chi connectivity index (χ1v) is 8.61. The van der Waals surface area contributed by atoms with Crippen LogP contribution in [0.15, 0.2) is 21.5 Å². The van der Waals surface area contributed by atoms with Crippen LogP contribution in [-0.2, 0) is 14.8 Å². The zero-order valence-corrected chi connectivity index (χ0v) is 13.5. The van der Waals surface area contributed by atoms with Gasteiger partial charge in [-0.2, -0.15) is 0 Å². The summed E-state index contributed by atoms with van der Waals surface area (Å²) in [7, 11) is -4.14. The molecule has 1 saturated heterocycles. The van der Waals surface area contributed by atoms with Crippen molar-refractivity contribution in [2.45, 2.75) is 17.7 Å². The number of hydrogen-bond donors (Lipinski definition) is 2. The van der Waals surface area contributed by atoms with Gasteiger partial charge in [0.25, 0.3) is 0 Å². The minimum Gasteiger partial charge on any atom is -0.399 e. The summed E-state index contributed by atoms with van der Waals surface area (Å²) in [6.45, 7) is 0.853. The molecule has 0 radical (unpaired) electrons. The summed E-state index contributed by atoms with van der Waals surface area (Å²) >= 11 is 2.90. The minimum absolute atomic E-state index is 0.0475. The lowest BCUT2D eigenvalue weighted by molar-refractivity contribution is -0.128. The maximum Gasteiger partial charge on any atom is 0.244 e. The summed E-state index contributed by atoms with van der Waals surface area (Å²) in [5, 5.41) is 0. The molecule has 9 heteroatoms. The van der Waals surface area contributed by atoms with Gasteiger partial charge < -0.3 is 10.6 Å². The van der Waals surface area contributed by atoms with Gasteiger partial charge in [-0.1, -0.05) is 0 Å². The van der Waals surface area contributed by atoms with Gasteiger partial charge in [0, 0.05) is 18.8 Å². The van der Waals surface area contributed by atoms with Crippen molar-refractivity contribution < 1.29 is 17.6 Å². The summed E-state index contributed by atoms with van der Waals surface area (Å²) in [4.78, 5) is 12.8. The van der Waals surface area contributed by atoms with Gasteiger partial charge in [0.15, 0.2) is 5.82 Å². The van der Waals surface area contributed by atoms with E-state index in [1.54, 1.807) is 4.90 Å². The number of rotatable bonds is 4. The number of nitrogens with one attached hydrogen (secondary N) is 1. The second-order valence-corrected chi connectivity index (χ2v) is 7.32. The number of likely N-dealkylation sites (tertiary alicyclic amines) is 1. The molecule has 0 aromatic heterocycles. The van der Waals surface area contributed by atoms with E-state index in [0.717, 1.165) is 18.9 Å². The molecule has 1 aromatic rings. The van der Waals surface area contributed by atoms with Gasteiger partial charge in [0.05, 0.1) is 11.0 Å². The van der Waals surface area contributed by atoms with Crippen molar-refractivity contribution in [1.29, 1.82) is 0 Å². The van der Waals surface area contributed by atoms with Gasteiger partial charge in [-0.05, 0) is 40.9 Å². The van der Waals surface area contributed by atoms with Crippen LogP contribution in [0.4, 0.5) is 10.1 Å². The molecule has 6 nitrogen and oxygen atoms in total. The maximum atomic E-state index is 13.9. The van der Waals surface area contributed by atoms with Crippen LogP contribution in [0.5, 0.6) is 0 Å². The summed E-state index contributed by atoms with van der Waals surface area (Å²) in [6, 6.07) is 2.28. The number of nitrogen functional groups attached to an aromatic ring is 1. The Hall–Kier alpha value is -1.19. The lowest BCUT2D eigenvalue weighted by Crippen LogP contribution is -2.38. The molecular formula is C12H15BrFN3O3S. The largest absolute Gasteiger partial charge is 0.399 e. The second-order valence-electron chi connectivity index (χ2n) is 4.73. The third-order valence-corrected chi connectivity index (χ3v) is 5.16. The molecule has 1 aliphatic heterocycles. The molecule has 0 saturated carbocycles.